The summed E-state index contributed by atoms with van der Waals surface area (Å²) in [6.07, 6.45) is 0. The average Bonchev–Trinajstić information content (AvgIpc) is 3.05. The number of hydrogen-bond acceptors (Lipinski definition) is 4. The number of aryl methyl sites for hydroxylation is 1. The van der Waals surface area contributed by atoms with Crippen molar-refractivity contribution in [2.24, 2.45) is 0 Å². The minimum Gasteiger partial charge on any atom is -0.507 e. The number of carbonyl (C=O) groups is 2. The van der Waals surface area contributed by atoms with E-state index in [0.717, 1.165) is 10.0 Å². The number of benzene rings is 3. The topological polar surface area (TPSA) is 66.8 Å². The van der Waals surface area contributed by atoms with Crippen LogP contribution in [-0.2, 0) is 9.59 Å². The van der Waals surface area contributed by atoms with Gasteiger partial charge in [-0.2, -0.15) is 0 Å². The molecule has 0 bridgehead atoms. The van der Waals surface area contributed by atoms with Crippen molar-refractivity contribution in [3.8, 4) is 5.75 Å². The predicted molar refractivity (Wildman–Crippen MR) is 128 cm³/mol. The molecule has 1 amide bonds. The number of carbonyl (C=O) groups excluding carboxylic acids is 2. The second-order valence-corrected chi connectivity index (χ2v) is 8.43. The van der Waals surface area contributed by atoms with Crippen molar-refractivity contribution in [1.29, 1.82) is 0 Å². The van der Waals surface area contributed by atoms with Gasteiger partial charge < -0.3 is 9.84 Å². The molecule has 162 valence electrons. The first-order valence-corrected chi connectivity index (χ1v) is 11.1. The molecular weight excluding hydrogens is 470 g/mol. The van der Waals surface area contributed by atoms with Crippen molar-refractivity contribution in [2.75, 3.05) is 11.5 Å². The van der Waals surface area contributed by atoms with Crippen LogP contribution >= 0.6 is 15.9 Å². The first-order chi connectivity index (χ1) is 15.4. The van der Waals surface area contributed by atoms with Crippen molar-refractivity contribution in [3.05, 3.63) is 99.5 Å². The molecule has 1 fully saturated rings. The lowest BCUT2D eigenvalue weighted by molar-refractivity contribution is -0.132. The van der Waals surface area contributed by atoms with Crippen molar-refractivity contribution < 1.29 is 19.4 Å². The van der Waals surface area contributed by atoms with Crippen molar-refractivity contribution in [3.63, 3.8) is 0 Å². The second kappa shape index (κ2) is 9.01. The highest BCUT2D eigenvalue weighted by Gasteiger charge is 2.47. The van der Waals surface area contributed by atoms with E-state index in [-0.39, 0.29) is 11.3 Å². The summed E-state index contributed by atoms with van der Waals surface area (Å²) in [4.78, 5) is 27.8. The molecule has 3 aromatic carbocycles. The number of hydrogen-bond donors (Lipinski definition) is 1. The van der Waals surface area contributed by atoms with Crippen LogP contribution in [0.15, 0.2) is 82.8 Å². The average molecular weight is 492 g/mol. The number of Topliss-reactive ketones (excluding diaryl/α,β-unsaturated/α-hetero) is 1. The number of amides is 1. The fraction of sp³-hybridized carbons (Fsp3) is 0.154. The van der Waals surface area contributed by atoms with Gasteiger partial charge in [0.05, 0.1) is 18.2 Å². The summed E-state index contributed by atoms with van der Waals surface area (Å²) < 4.78 is 6.48. The Kier molecular flexibility index (Phi) is 6.15. The van der Waals surface area contributed by atoms with Gasteiger partial charge in [0.15, 0.2) is 0 Å². The molecule has 4 rings (SSSR count). The third-order valence-electron chi connectivity index (χ3n) is 5.36. The molecule has 1 heterocycles. The molecule has 1 unspecified atom stereocenters. The lowest BCUT2D eigenvalue weighted by Crippen LogP contribution is -2.29. The summed E-state index contributed by atoms with van der Waals surface area (Å²) in [6, 6.07) is 20.8. The van der Waals surface area contributed by atoms with E-state index in [4.69, 9.17) is 4.74 Å². The fourth-order valence-corrected chi connectivity index (χ4v) is 4.09. The largest absolute Gasteiger partial charge is 0.507 e. The van der Waals surface area contributed by atoms with Gasteiger partial charge >= 0.3 is 0 Å². The minimum atomic E-state index is -0.790. The molecule has 3 aromatic rings. The Hall–Kier alpha value is -3.38. The van der Waals surface area contributed by atoms with E-state index in [9.17, 15) is 14.7 Å². The van der Waals surface area contributed by atoms with E-state index >= 15 is 0 Å². The van der Waals surface area contributed by atoms with Crippen LogP contribution in [-0.4, -0.2) is 23.4 Å². The van der Waals surface area contributed by atoms with Crippen LogP contribution in [0.25, 0.3) is 5.76 Å². The van der Waals surface area contributed by atoms with E-state index in [2.05, 4.69) is 15.9 Å². The molecule has 0 radical (unpaired) electrons. The van der Waals surface area contributed by atoms with Crippen molar-refractivity contribution in [1.82, 2.24) is 0 Å². The van der Waals surface area contributed by atoms with E-state index in [0.29, 0.717) is 29.2 Å². The number of rotatable bonds is 5. The van der Waals surface area contributed by atoms with Crippen LogP contribution in [0, 0.1) is 6.92 Å². The molecule has 0 spiro atoms. The van der Waals surface area contributed by atoms with Crippen LogP contribution in [0.4, 0.5) is 5.69 Å². The van der Waals surface area contributed by atoms with Gasteiger partial charge in [0.1, 0.15) is 11.5 Å². The monoisotopic (exact) mass is 491 g/mol. The smallest absolute Gasteiger partial charge is 0.300 e. The Morgan fingerprint density at radius 3 is 2.38 bits per heavy atom. The zero-order valence-electron chi connectivity index (χ0n) is 17.7. The first kappa shape index (κ1) is 21.8. The van der Waals surface area contributed by atoms with Gasteiger partial charge in [-0.05, 0) is 55.8 Å². The van der Waals surface area contributed by atoms with Crippen LogP contribution in [0.3, 0.4) is 0 Å². The molecule has 1 aliphatic rings. The molecule has 0 aromatic heterocycles. The Morgan fingerprint density at radius 2 is 1.72 bits per heavy atom. The summed E-state index contributed by atoms with van der Waals surface area (Å²) in [5, 5.41) is 11.1. The van der Waals surface area contributed by atoms with Gasteiger partial charge in [-0.15, -0.1) is 0 Å². The summed E-state index contributed by atoms with van der Waals surface area (Å²) in [5.74, 6) is -0.988. The molecule has 6 heteroatoms. The van der Waals surface area contributed by atoms with Crippen molar-refractivity contribution >= 4 is 39.1 Å². The molecule has 0 aliphatic carbocycles. The zero-order valence-corrected chi connectivity index (χ0v) is 19.3. The molecule has 1 saturated heterocycles. The SMILES string of the molecule is CCOc1cccc(C2/C(=C(/O)c3ccc(Br)cc3)C(=O)C(=O)N2c2ccc(C)cc2)c1. The summed E-state index contributed by atoms with van der Waals surface area (Å²) >= 11 is 3.38. The fourth-order valence-electron chi connectivity index (χ4n) is 3.82. The Balaban J connectivity index is 1.93. The van der Waals surface area contributed by atoms with Crippen molar-refractivity contribution in [2.45, 2.75) is 19.9 Å². The van der Waals surface area contributed by atoms with Gasteiger partial charge in [0, 0.05) is 15.7 Å². The van der Waals surface area contributed by atoms with Crippen LogP contribution in [0.2, 0.25) is 0 Å². The highest BCUT2D eigenvalue weighted by molar-refractivity contribution is 9.10. The number of ketones is 1. The Bertz CT molecular complexity index is 1200. The molecule has 1 N–H and O–H groups in total. The molecule has 5 nitrogen and oxygen atoms in total. The first-order valence-electron chi connectivity index (χ1n) is 10.3. The third-order valence-corrected chi connectivity index (χ3v) is 5.89. The summed E-state index contributed by atoms with van der Waals surface area (Å²) in [7, 11) is 0. The lowest BCUT2D eigenvalue weighted by atomic mass is 9.95. The van der Waals surface area contributed by atoms with Crippen LogP contribution in [0.5, 0.6) is 5.75 Å². The maximum Gasteiger partial charge on any atom is 0.300 e. The Morgan fingerprint density at radius 1 is 1.03 bits per heavy atom. The normalized spacial score (nSPS) is 17.6. The lowest BCUT2D eigenvalue weighted by Gasteiger charge is -2.26. The number of nitrogens with zero attached hydrogens (tertiary/aromatic N) is 1. The molecular formula is C26H22BrNO4. The summed E-state index contributed by atoms with van der Waals surface area (Å²) in [6.45, 7) is 4.33. The predicted octanol–water partition coefficient (Wildman–Crippen LogP) is 5.78. The molecule has 32 heavy (non-hydrogen) atoms. The molecule has 1 aliphatic heterocycles. The van der Waals surface area contributed by atoms with E-state index in [1.54, 1.807) is 42.5 Å². The molecule has 0 saturated carbocycles. The zero-order chi connectivity index (χ0) is 22.8. The van der Waals surface area contributed by atoms with E-state index in [1.807, 2.05) is 44.2 Å². The highest BCUT2D eigenvalue weighted by atomic mass is 79.9. The van der Waals surface area contributed by atoms with Gasteiger partial charge in [-0.1, -0.05) is 57.9 Å². The molecule has 1 atom stereocenters. The van der Waals surface area contributed by atoms with E-state index in [1.165, 1.54) is 4.90 Å². The number of aliphatic hydroxyl groups is 1. The number of anilines is 1. The van der Waals surface area contributed by atoms with Gasteiger partial charge in [0.2, 0.25) is 0 Å². The standard InChI is InChI=1S/C26H22BrNO4/c1-3-32-21-6-4-5-18(15-21)23-22(24(29)17-9-11-19(27)12-10-17)25(30)26(31)28(23)20-13-7-16(2)8-14-20/h4-15,23,29H,3H2,1-2H3/b24-22-. The number of halogens is 1. The number of aliphatic hydroxyl groups excluding tert-OH is 1. The maximum absolute atomic E-state index is 13.2. The third kappa shape index (κ3) is 4.06. The van der Waals surface area contributed by atoms with Crippen LogP contribution < -0.4 is 9.64 Å². The summed E-state index contributed by atoms with van der Waals surface area (Å²) in [5.41, 5.74) is 2.80. The Labute approximate surface area is 195 Å². The van der Waals surface area contributed by atoms with E-state index < -0.39 is 17.7 Å². The minimum absolute atomic E-state index is 0.0477. The van der Waals surface area contributed by atoms with Gasteiger partial charge in [-0.3, -0.25) is 14.5 Å². The maximum atomic E-state index is 13.2. The van der Waals surface area contributed by atoms with Gasteiger partial charge in [0.25, 0.3) is 11.7 Å². The number of ether oxygens (including phenoxy) is 1. The van der Waals surface area contributed by atoms with Crippen LogP contribution in [0.1, 0.15) is 29.7 Å². The van der Waals surface area contributed by atoms with Gasteiger partial charge in [-0.25, -0.2) is 0 Å². The quantitative estimate of drug-likeness (QED) is 0.279. The highest BCUT2D eigenvalue weighted by Crippen LogP contribution is 2.42. The second-order valence-electron chi connectivity index (χ2n) is 7.52.